The van der Waals surface area contributed by atoms with Gasteiger partial charge in [0.2, 0.25) is 10.0 Å². The number of sulfonamides is 2. The molecule has 2 aromatic rings. The highest BCUT2D eigenvalue weighted by Gasteiger charge is 2.27. The van der Waals surface area contributed by atoms with E-state index in [2.05, 4.69) is 4.72 Å². The van der Waals surface area contributed by atoms with Crippen LogP contribution in [-0.4, -0.2) is 41.3 Å². The number of halogens is 1. The van der Waals surface area contributed by atoms with Crippen LogP contribution in [-0.2, 0) is 20.0 Å². The van der Waals surface area contributed by atoms with Crippen molar-refractivity contribution in [1.29, 1.82) is 0 Å². The third-order valence-electron chi connectivity index (χ3n) is 4.99. The molecule has 0 atom stereocenters. The molecule has 1 saturated heterocycles. The number of ether oxygens (including phenoxy) is 1. The highest BCUT2D eigenvalue weighted by Crippen LogP contribution is 2.33. The maximum Gasteiger partial charge on any atom is 0.263 e. The Bertz CT molecular complexity index is 1130. The molecular formula is C20H25ClN2O5S2. The second kappa shape index (κ2) is 9.13. The lowest BCUT2D eigenvalue weighted by molar-refractivity contribution is 0.415. The smallest absolute Gasteiger partial charge is 0.263 e. The molecule has 0 aliphatic carbocycles. The predicted molar refractivity (Wildman–Crippen MR) is 117 cm³/mol. The molecule has 0 radical (unpaired) electrons. The Kier molecular flexibility index (Phi) is 6.96. The fraction of sp³-hybridized carbons (Fsp3) is 0.400. The molecule has 0 bridgehead atoms. The number of nitrogens with one attached hydrogen (secondary N) is 1. The molecule has 0 unspecified atom stereocenters. The number of benzene rings is 2. The summed E-state index contributed by atoms with van der Waals surface area (Å²) in [6.45, 7) is 2.71. The molecule has 1 aliphatic heterocycles. The fourth-order valence-corrected chi connectivity index (χ4v) is 6.59. The van der Waals surface area contributed by atoms with Gasteiger partial charge in [0.05, 0.1) is 22.7 Å². The van der Waals surface area contributed by atoms with Crippen molar-refractivity contribution in [2.45, 2.75) is 42.4 Å². The van der Waals surface area contributed by atoms with Crippen molar-refractivity contribution in [3.8, 4) is 5.75 Å². The lowest BCUT2D eigenvalue weighted by Crippen LogP contribution is -2.32. The molecule has 1 heterocycles. The molecule has 1 aliphatic rings. The molecule has 7 nitrogen and oxygen atoms in total. The van der Waals surface area contributed by atoms with Gasteiger partial charge in [0, 0.05) is 13.1 Å². The summed E-state index contributed by atoms with van der Waals surface area (Å²) in [5, 5.41) is 0.0785. The quantitative estimate of drug-likeness (QED) is 0.685. The topological polar surface area (TPSA) is 92.8 Å². The SMILES string of the molecule is COc1ccc(S(=O)(=O)N2CCCCCC2)cc1NS(=O)(=O)c1ccc(C)cc1Cl. The Hall–Kier alpha value is -1.81. The van der Waals surface area contributed by atoms with E-state index >= 15 is 0 Å². The zero-order valence-electron chi connectivity index (χ0n) is 16.9. The Morgan fingerprint density at radius 3 is 2.23 bits per heavy atom. The van der Waals surface area contributed by atoms with Crippen LogP contribution < -0.4 is 9.46 Å². The largest absolute Gasteiger partial charge is 0.495 e. The Balaban J connectivity index is 1.98. The first kappa shape index (κ1) is 22.9. The second-order valence-corrected chi connectivity index (χ2v) is 11.2. The normalized spacial score (nSPS) is 16.1. The van der Waals surface area contributed by atoms with Gasteiger partial charge >= 0.3 is 0 Å². The minimum atomic E-state index is -4.06. The number of aryl methyl sites for hydroxylation is 1. The number of anilines is 1. The van der Waals surface area contributed by atoms with Crippen molar-refractivity contribution in [2.24, 2.45) is 0 Å². The van der Waals surface area contributed by atoms with Crippen molar-refractivity contribution in [1.82, 2.24) is 4.31 Å². The summed E-state index contributed by atoms with van der Waals surface area (Å²) >= 11 is 6.12. The summed E-state index contributed by atoms with van der Waals surface area (Å²) in [6, 6.07) is 8.75. The van der Waals surface area contributed by atoms with E-state index < -0.39 is 20.0 Å². The molecule has 164 valence electrons. The predicted octanol–water partition coefficient (Wildman–Crippen LogP) is 4.02. The second-order valence-electron chi connectivity index (χ2n) is 7.22. The summed E-state index contributed by atoms with van der Waals surface area (Å²) in [6.07, 6.45) is 3.61. The van der Waals surface area contributed by atoms with E-state index in [-0.39, 0.29) is 26.3 Å². The molecule has 1 N–H and O–H groups in total. The minimum Gasteiger partial charge on any atom is -0.495 e. The first-order valence-electron chi connectivity index (χ1n) is 9.62. The van der Waals surface area contributed by atoms with Crippen LogP contribution in [0.3, 0.4) is 0 Å². The zero-order chi connectivity index (χ0) is 21.9. The monoisotopic (exact) mass is 472 g/mol. The van der Waals surface area contributed by atoms with E-state index in [0.29, 0.717) is 13.1 Å². The van der Waals surface area contributed by atoms with Crippen LogP contribution in [0.25, 0.3) is 0 Å². The van der Waals surface area contributed by atoms with Gasteiger partial charge in [0.15, 0.2) is 0 Å². The van der Waals surface area contributed by atoms with E-state index in [9.17, 15) is 16.8 Å². The van der Waals surface area contributed by atoms with Gasteiger partial charge in [-0.05, 0) is 55.7 Å². The molecule has 0 spiro atoms. The summed E-state index contributed by atoms with van der Waals surface area (Å²) in [5.74, 6) is 0.205. The van der Waals surface area contributed by atoms with E-state index in [0.717, 1.165) is 31.2 Å². The average molecular weight is 473 g/mol. The van der Waals surface area contributed by atoms with Crippen LogP contribution in [0.15, 0.2) is 46.2 Å². The van der Waals surface area contributed by atoms with Crippen molar-refractivity contribution in [2.75, 3.05) is 24.9 Å². The zero-order valence-corrected chi connectivity index (χ0v) is 19.3. The Morgan fingerprint density at radius 2 is 1.63 bits per heavy atom. The Morgan fingerprint density at radius 1 is 0.967 bits per heavy atom. The molecule has 10 heteroatoms. The van der Waals surface area contributed by atoms with Crippen LogP contribution in [0.5, 0.6) is 5.75 Å². The number of rotatable bonds is 6. The Labute approximate surface area is 183 Å². The van der Waals surface area contributed by atoms with Crippen LogP contribution in [0, 0.1) is 6.92 Å². The highest BCUT2D eigenvalue weighted by atomic mass is 35.5. The molecule has 0 saturated carbocycles. The summed E-state index contributed by atoms with van der Waals surface area (Å²) in [5.41, 5.74) is 0.854. The van der Waals surface area contributed by atoms with Gasteiger partial charge in [0.25, 0.3) is 10.0 Å². The van der Waals surface area contributed by atoms with Crippen molar-refractivity contribution >= 4 is 37.3 Å². The van der Waals surface area contributed by atoms with Gasteiger partial charge < -0.3 is 4.74 Å². The standard InChI is InChI=1S/C20H25ClN2O5S2/c1-15-7-10-20(17(21)13-15)29(24,25)22-18-14-16(8-9-19(18)28-2)30(26,27)23-11-5-3-4-6-12-23/h7-10,13-14,22H,3-6,11-12H2,1-2H3. The number of methoxy groups -OCH3 is 1. The van der Waals surface area contributed by atoms with Crippen LogP contribution in [0.2, 0.25) is 5.02 Å². The minimum absolute atomic E-state index is 0.0119. The van der Waals surface area contributed by atoms with Crippen LogP contribution >= 0.6 is 11.6 Å². The van der Waals surface area contributed by atoms with Gasteiger partial charge in [0.1, 0.15) is 10.6 Å². The lowest BCUT2D eigenvalue weighted by atomic mass is 10.2. The summed E-state index contributed by atoms with van der Waals surface area (Å²) in [4.78, 5) is -0.0875. The molecule has 1 fully saturated rings. The lowest BCUT2D eigenvalue weighted by Gasteiger charge is -2.21. The molecule has 30 heavy (non-hydrogen) atoms. The van der Waals surface area contributed by atoms with E-state index in [1.807, 2.05) is 0 Å². The van der Waals surface area contributed by atoms with Gasteiger partial charge in [-0.2, -0.15) is 4.31 Å². The van der Waals surface area contributed by atoms with Crippen LogP contribution in [0.4, 0.5) is 5.69 Å². The van der Waals surface area contributed by atoms with Gasteiger partial charge in [-0.1, -0.05) is 30.5 Å². The first-order valence-corrected chi connectivity index (χ1v) is 12.9. The van der Waals surface area contributed by atoms with Gasteiger partial charge in [-0.3, -0.25) is 4.72 Å². The molecule has 0 aromatic heterocycles. The molecule has 2 aromatic carbocycles. The highest BCUT2D eigenvalue weighted by molar-refractivity contribution is 7.93. The van der Waals surface area contributed by atoms with Crippen molar-refractivity contribution in [3.05, 3.63) is 47.0 Å². The maximum absolute atomic E-state index is 13.1. The van der Waals surface area contributed by atoms with Crippen LogP contribution in [0.1, 0.15) is 31.2 Å². The molecular weight excluding hydrogens is 448 g/mol. The van der Waals surface area contributed by atoms with Gasteiger partial charge in [-0.25, -0.2) is 16.8 Å². The van der Waals surface area contributed by atoms with Crippen molar-refractivity contribution < 1.29 is 21.6 Å². The van der Waals surface area contributed by atoms with E-state index in [1.54, 1.807) is 19.1 Å². The number of hydrogen-bond donors (Lipinski definition) is 1. The third-order valence-corrected chi connectivity index (χ3v) is 8.74. The number of nitrogens with zero attached hydrogens (tertiary/aromatic N) is 1. The van der Waals surface area contributed by atoms with E-state index in [1.165, 1.54) is 35.7 Å². The van der Waals surface area contributed by atoms with Crippen molar-refractivity contribution in [3.63, 3.8) is 0 Å². The maximum atomic E-state index is 13.1. The average Bonchev–Trinajstić information content (AvgIpc) is 2.97. The number of hydrogen-bond acceptors (Lipinski definition) is 5. The molecule has 0 amide bonds. The first-order chi connectivity index (χ1) is 14.1. The molecule has 3 rings (SSSR count). The van der Waals surface area contributed by atoms with Gasteiger partial charge in [-0.15, -0.1) is 0 Å². The van der Waals surface area contributed by atoms with E-state index in [4.69, 9.17) is 16.3 Å². The third kappa shape index (κ3) is 4.91. The summed E-state index contributed by atoms with van der Waals surface area (Å²) < 4.78 is 61.1. The summed E-state index contributed by atoms with van der Waals surface area (Å²) in [7, 11) is -6.42. The fourth-order valence-electron chi connectivity index (χ4n) is 3.38.